The molecule has 0 spiro atoms. The molecule has 0 atom stereocenters. The van der Waals surface area contributed by atoms with Crippen LogP contribution in [-0.4, -0.2) is 89.7 Å². The van der Waals surface area contributed by atoms with E-state index in [1.165, 1.54) is 0 Å². The summed E-state index contributed by atoms with van der Waals surface area (Å²) >= 11 is 0. The summed E-state index contributed by atoms with van der Waals surface area (Å²) in [5.74, 6) is -1.51. The van der Waals surface area contributed by atoms with Crippen molar-refractivity contribution in [2.24, 2.45) is 0 Å². The lowest BCUT2D eigenvalue weighted by molar-refractivity contribution is -0.148. The molecule has 0 aromatic carbocycles. The first-order chi connectivity index (χ1) is 14.1. The molecule has 1 aliphatic rings. The number of carbonyl (C=O) groups is 4. The van der Waals surface area contributed by atoms with Crippen LogP contribution in [0, 0.1) is 0 Å². The number of rotatable bonds is 0. The Balaban J connectivity index is 2.29. The number of esters is 2. The highest BCUT2D eigenvalue weighted by atomic mass is 16.6. The summed E-state index contributed by atoms with van der Waals surface area (Å²) in [6.45, 7) is 2.41. The van der Waals surface area contributed by atoms with Gasteiger partial charge in [-0.2, -0.15) is 0 Å². The quantitative estimate of drug-likeness (QED) is 0.471. The van der Waals surface area contributed by atoms with Crippen LogP contribution < -0.4 is 10.6 Å². The number of cyclic esters (lactones) is 2. The van der Waals surface area contributed by atoms with Crippen molar-refractivity contribution in [1.29, 1.82) is 0 Å². The maximum absolute atomic E-state index is 11.6. The number of nitrogens with one attached hydrogen (secondary N) is 2. The van der Waals surface area contributed by atoms with E-state index >= 15 is 0 Å². The fourth-order valence-corrected chi connectivity index (χ4v) is 2.13. The second-order valence-corrected chi connectivity index (χ2v) is 5.98. The minimum atomic E-state index is -0.493. The van der Waals surface area contributed by atoms with Crippen molar-refractivity contribution >= 4 is 23.8 Å². The van der Waals surface area contributed by atoms with E-state index in [1.54, 1.807) is 0 Å². The van der Waals surface area contributed by atoms with Gasteiger partial charge in [-0.3, -0.25) is 19.2 Å². The minimum Gasteiger partial charge on any atom is -0.463 e. The third-order valence-electron chi connectivity index (χ3n) is 3.60. The zero-order valence-electron chi connectivity index (χ0n) is 16.6. The molecule has 2 amide bonds. The van der Waals surface area contributed by atoms with Gasteiger partial charge in [0, 0.05) is 25.9 Å². The van der Waals surface area contributed by atoms with Gasteiger partial charge in [-0.05, 0) is 0 Å². The Morgan fingerprint density at radius 1 is 0.483 bits per heavy atom. The van der Waals surface area contributed by atoms with E-state index in [1.807, 2.05) is 0 Å². The van der Waals surface area contributed by atoms with Gasteiger partial charge in [0.05, 0.1) is 52.5 Å². The van der Waals surface area contributed by atoms with E-state index in [2.05, 4.69) is 10.6 Å². The van der Waals surface area contributed by atoms with Crippen molar-refractivity contribution in [2.45, 2.75) is 25.7 Å². The zero-order chi connectivity index (χ0) is 21.2. The zero-order valence-corrected chi connectivity index (χ0v) is 16.6. The molecule has 0 saturated carbocycles. The van der Waals surface area contributed by atoms with Crippen LogP contribution in [0.3, 0.4) is 0 Å². The third-order valence-corrected chi connectivity index (χ3v) is 3.60. The Kier molecular flexibility index (Phi) is 14.3. The molecule has 1 fully saturated rings. The van der Waals surface area contributed by atoms with Crippen molar-refractivity contribution in [2.75, 3.05) is 65.9 Å². The number of hydrogen-bond acceptors (Lipinski definition) is 9. The molecule has 0 aromatic heterocycles. The Hall–Kier alpha value is -2.24. The molecular formula is C18H30N2O9. The van der Waals surface area contributed by atoms with Gasteiger partial charge in [0.1, 0.15) is 13.2 Å². The van der Waals surface area contributed by atoms with Crippen molar-refractivity contribution < 1.29 is 42.9 Å². The van der Waals surface area contributed by atoms with Crippen molar-refractivity contribution in [3.8, 4) is 0 Å². The van der Waals surface area contributed by atoms with Crippen LogP contribution in [0.25, 0.3) is 0 Å². The van der Waals surface area contributed by atoms with Crippen molar-refractivity contribution in [3.63, 3.8) is 0 Å². The number of amides is 2. The molecule has 11 heteroatoms. The lowest BCUT2D eigenvalue weighted by Crippen LogP contribution is -2.29. The molecule has 0 aliphatic carbocycles. The first-order valence-corrected chi connectivity index (χ1v) is 9.66. The summed E-state index contributed by atoms with van der Waals surface area (Å²) in [7, 11) is 0. The maximum Gasteiger partial charge on any atom is 0.306 e. The summed E-state index contributed by atoms with van der Waals surface area (Å²) in [4.78, 5) is 46.3. The van der Waals surface area contributed by atoms with E-state index < -0.39 is 11.9 Å². The maximum atomic E-state index is 11.6. The molecule has 166 valence electrons. The average Bonchev–Trinajstić information content (AvgIpc) is 2.70. The van der Waals surface area contributed by atoms with E-state index in [0.717, 1.165) is 0 Å². The van der Waals surface area contributed by atoms with Crippen LogP contribution >= 0.6 is 0 Å². The lowest BCUT2D eigenvalue weighted by Gasteiger charge is -2.08. The SMILES string of the molecule is O=C1CCC(=O)OCCOCCOC(=O)CCC(=O)NCCOCCOCCN1. The highest BCUT2D eigenvalue weighted by Gasteiger charge is 2.09. The number of ether oxygens (including phenoxy) is 5. The first kappa shape index (κ1) is 24.8. The second kappa shape index (κ2) is 16.7. The highest BCUT2D eigenvalue weighted by molar-refractivity contribution is 5.81. The minimum absolute atomic E-state index is 0.0229. The van der Waals surface area contributed by atoms with Crippen LogP contribution in [0.5, 0.6) is 0 Å². The molecule has 1 heterocycles. The van der Waals surface area contributed by atoms with Gasteiger partial charge >= 0.3 is 11.9 Å². The summed E-state index contributed by atoms with van der Waals surface area (Å²) < 4.78 is 25.7. The van der Waals surface area contributed by atoms with Gasteiger partial charge in [-0.15, -0.1) is 0 Å². The molecule has 1 aliphatic heterocycles. The fraction of sp³-hybridized carbons (Fsp3) is 0.778. The number of carbonyl (C=O) groups excluding carboxylic acids is 4. The van der Waals surface area contributed by atoms with Crippen LogP contribution in [0.2, 0.25) is 0 Å². The van der Waals surface area contributed by atoms with Gasteiger partial charge in [0.2, 0.25) is 11.8 Å². The molecule has 29 heavy (non-hydrogen) atoms. The predicted octanol–water partition coefficient (Wildman–Crippen LogP) is -1.07. The van der Waals surface area contributed by atoms with Crippen LogP contribution in [0.1, 0.15) is 25.7 Å². The van der Waals surface area contributed by atoms with Crippen LogP contribution in [0.4, 0.5) is 0 Å². The Morgan fingerprint density at radius 2 is 0.862 bits per heavy atom. The highest BCUT2D eigenvalue weighted by Crippen LogP contribution is 1.95. The summed E-state index contributed by atoms with van der Waals surface area (Å²) in [6, 6.07) is 0. The second-order valence-electron chi connectivity index (χ2n) is 5.98. The van der Waals surface area contributed by atoms with E-state index in [4.69, 9.17) is 23.7 Å². The molecule has 0 bridgehead atoms. The van der Waals surface area contributed by atoms with E-state index in [0.29, 0.717) is 39.5 Å². The molecule has 0 radical (unpaired) electrons. The third kappa shape index (κ3) is 15.4. The van der Waals surface area contributed by atoms with Crippen molar-refractivity contribution in [3.05, 3.63) is 0 Å². The molecular weight excluding hydrogens is 388 g/mol. The fourth-order valence-electron chi connectivity index (χ4n) is 2.13. The van der Waals surface area contributed by atoms with Gasteiger partial charge in [-0.1, -0.05) is 0 Å². The van der Waals surface area contributed by atoms with Crippen molar-refractivity contribution in [1.82, 2.24) is 10.6 Å². The molecule has 1 rings (SSSR count). The Bertz CT molecular complexity index is 470. The Labute approximate surface area is 169 Å². The molecule has 0 unspecified atom stereocenters. The van der Waals surface area contributed by atoms with Gasteiger partial charge in [0.25, 0.3) is 0 Å². The average molecular weight is 418 g/mol. The first-order valence-electron chi connectivity index (χ1n) is 9.66. The van der Waals surface area contributed by atoms with Crippen LogP contribution in [-0.2, 0) is 42.9 Å². The standard InChI is InChI=1S/C18H30N2O9/c21-15-1-3-17(23)28-13-11-27-12-14-29-18(24)4-2-16(22)20-6-8-26-10-9-25-7-5-19-15/h1-14H2,(H,19,21)(H,20,22). The monoisotopic (exact) mass is 418 g/mol. The van der Waals surface area contributed by atoms with Gasteiger partial charge in [-0.25, -0.2) is 0 Å². The molecule has 2 N–H and O–H groups in total. The predicted molar refractivity (Wildman–Crippen MR) is 98.9 cm³/mol. The lowest BCUT2D eigenvalue weighted by atomic mass is 10.3. The molecule has 1 saturated heterocycles. The summed E-state index contributed by atoms with van der Waals surface area (Å²) in [6.07, 6.45) is 0.0186. The largest absolute Gasteiger partial charge is 0.463 e. The Morgan fingerprint density at radius 3 is 1.31 bits per heavy atom. The normalized spacial score (nSPS) is 21.5. The van der Waals surface area contributed by atoms with E-state index in [-0.39, 0.29) is 63.9 Å². The summed E-state index contributed by atoms with van der Waals surface area (Å²) in [5.41, 5.74) is 0. The smallest absolute Gasteiger partial charge is 0.306 e. The molecule has 0 aromatic rings. The summed E-state index contributed by atoms with van der Waals surface area (Å²) in [5, 5.41) is 5.28. The van der Waals surface area contributed by atoms with Crippen LogP contribution in [0.15, 0.2) is 0 Å². The molecule has 11 nitrogen and oxygen atoms in total. The van der Waals surface area contributed by atoms with E-state index in [9.17, 15) is 19.2 Å². The number of hydrogen-bond donors (Lipinski definition) is 2. The van der Waals surface area contributed by atoms with Gasteiger partial charge < -0.3 is 34.3 Å². The topological polar surface area (TPSA) is 138 Å². The van der Waals surface area contributed by atoms with Gasteiger partial charge in [0.15, 0.2) is 0 Å².